The first-order chi connectivity index (χ1) is 12.6. The van der Waals surface area contributed by atoms with Crippen LogP contribution in [0.5, 0.6) is 0 Å². The third kappa shape index (κ3) is 2.90. The van der Waals surface area contributed by atoms with Crippen LogP contribution in [0.1, 0.15) is 42.8 Å². The van der Waals surface area contributed by atoms with E-state index >= 15 is 0 Å². The van der Waals surface area contributed by atoms with Crippen LogP contribution < -0.4 is 5.56 Å². The molecule has 0 spiro atoms. The second-order valence-electron chi connectivity index (χ2n) is 6.79. The zero-order valence-corrected chi connectivity index (χ0v) is 15.1. The molecule has 0 aliphatic heterocycles. The first-order valence-corrected chi connectivity index (χ1v) is 9.10. The fourth-order valence-corrected chi connectivity index (χ4v) is 3.65. The van der Waals surface area contributed by atoms with Gasteiger partial charge in [0, 0.05) is 0 Å². The normalized spacial score (nSPS) is 15.1. The van der Waals surface area contributed by atoms with Crippen LogP contribution in [-0.2, 0) is 0 Å². The molecule has 0 saturated heterocycles. The van der Waals surface area contributed by atoms with Crippen molar-refractivity contribution in [2.45, 2.75) is 32.7 Å². The molecule has 0 saturated carbocycles. The number of fused-ring (bicyclic) bond motifs is 1. The Balaban J connectivity index is 1.83. The number of benzene rings is 2. The molecule has 0 bridgehead atoms. The number of aromatic nitrogens is 2. The monoisotopic (exact) mass is 342 g/mol. The van der Waals surface area contributed by atoms with Crippen molar-refractivity contribution in [3.63, 3.8) is 0 Å². The fraction of sp³-hybridized carbons (Fsp3) is 0.217. The van der Waals surface area contributed by atoms with Gasteiger partial charge < -0.3 is 0 Å². The molecule has 0 fully saturated rings. The van der Waals surface area contributed by atoms with Gasteiger partial charge in [-0.3, -0.25) is 9.36 Å². The molecule has 2 aromatic carbocycles. The zero-order chi connectivity index (χ0) is 18.1. The molecule has 3 aromatic rings. The van der Waals surface area contributed by atoms with Crippen molar-refractivity contribution in [2.24, 2.45) is 0 Å². The summed E-state index contributed by atoms with van der Waals surface area (Å²) in [5.74, 6) is 0.740. The molecular weight excluding hydrogens is 320 g/mol. The largest absolute Gasteiger partial charge is 0.289 e. The van der Waals surface area contributed by atoms with Crippen molar-refractivity contribution in [1.29, 1.82) is 0 Å². The van der Waals surface area contributed by atoms with E-state index in [0.29, 0.717) is 5.39 Å². The lowest BCUT2D eigenvalue weighted by molar-refractivity contribution is 0.588. The average Bonchev–Trinajstić information content (AvgIpc) is 2.69. The predicted octanol–water partition coefficient (Wildman–Crippen LogP) is 5.05. The van der Waals surface area contributed by atoms with Crippen LogP contribution >= 0.6 is 0 Å². The Labute approximate surface area is 153 Å². The first-order valence-electron chi connectivity index (χ1n) is 9.10. The third-order valence-electron chi connectivity index (χ3n) is 5.08. The Hall–Kier alpha value is -2.94. The smallest absolute Gasteiger partial charge is 0.261 e. The fourth-order valence-electron chi connectivity index (χ4n) is 3.65. The van der Waals surface area contributed by atoms with Crippen molar-refractivity contribution >= 4 is 16.5 Å². The Kier molecular flexibility index (Phi) is 4.29. The van der Waals surface area contributed by atoms with Gasteiger partial charge in [-0.2, -0.15) is 0 Å². The quantitative estimate of drug-likeness (QED) is 0.668. The number of allylic oxidation sites excluding steroid dienone is 4. The Morgan fingerprint density at radius 3 is 2.62 bits per heavy atom. The van der Waals surface area contributed by atoms with Gasteiger partial charge in [0.05, 0.1) is 16.9 Å². The highest BCUT2D eigenvalue weighted by Crippen LogP contribution is 2.24. The van der Waals surface area contributed by atoms with Crippen molar-refractivity contribution in [1.82, 2.24) is 9.55 Å². The summed E-state index contributed by atoms with van der Waals surface area (Å²) < 4.78 is 1.79. The van der Waals surface area contributed by atoms with Gasteiger partial charge in [-0.05, 0) is 55.5 Å². The molecule has 1 aliphatic rings. The van der Waals surface area contributed by atoms with E-state index in [0.717, 1.165) is 35.3 Å². The summed E-state index contributed by atoms with van der Waals surface area (Å²) in [7, 11) is 0. The summed E-state index contributed by atoms with van der Waals surface area (Å²) in [5, 5.41) is 0.669. The SMILES string of the molecule is Cc1nc2cc(C3=CCCC=C3)ccc2c(=O)n1C(C)c1ccccc1. The van der Waals surface area contributed by atoms with Crippen LogP contribution in [0.2, 0.25) is 0 Å². The van der Waals surface area contributed by atoms with Gasteiger partial charge in [0.15, 0.2) is 0 Å². The predicted molar refractivity (Wildman–Crippen MR) is 107 cm³/mol. The molecule has 26 heavy (non-hydrogen) atoms. The maximum atomic E-state index is 13.1. The van der Waals surface area contributed by atoms with Crippen LogP contribution in [0, 0.1) is 6.92 Å². The topological polar surface area (TPSA) is 34.9 Å². The Morgan fingerprint density at radius 2 is 1.88 bits per heavy atom. The van der Waals surface area contributed by atoms with Gasteiger partial charge in [0.1, 0.15) is 5.82 Å². The van der Waals surface area contributed by atoms with Gasteiger partial charge in [-0.15, -0.1) is 0 Å². The lowest BCUT2D eigenvalue weighted by Gasteiger charge is -2.19. The summed E-state index contributed by atoms with van der Waals surface area (Å²) in [5.41, 5.74) is 4.21. The molecule has 3 nitrogen and oxygen atoms in total. The number of aryl methyl sites for hydroxylation is 1. The molecule has 1 unspecified atom stereocenters. The minimum Gasteiger partial charge on any atom is -0.289 e. The molecule has 4 rings (SSSR count). The van der Waals surface area contributed by atoms with Crippen molar-refractivity contribution in [2.75, 3.05) is 0 Å². The van der Waals surface area contributed by atoms with E-state index in [1.807, 2.05) is 62.4 Å². The number of hydrogen-bond acceptors (Lipinski definition) is 2. The lowest BCUT2D eigenvalue weighted by atomic mass is 9.98. The van der Waals surface area contributed by atoms with Gasteiger partial charge in [0.2, 0.25) is 0 Å². The molecule has 0 amide bonds. The van der Waals surface area contributed by atoms with E-state index in [4.69, 9.17) is 4.98 Å². The van der Waals surface area contributed by atoms with Crippen LogP contribution in [0.25, 0.3) is 16.5 Å². The van der Waals surface area contributed by atoms with Gasteiger partial charge >= 0.3 is 0 Å². The van der Waals surface area contributed by atoms with Crippen LogP contribution in [0.15, 0.2) is 71.6 Å². The number of nitrogens with zero attached hydrogens (tertiary/aromatic N) is 2. The molecule has 0 N–H and O–H groups in total. The van der Waals surface area contributed by atoms with E-state index in [9.17, 15) is 4.79 Å². The molecule has 1 heterocycles. The first kappa shape index (κ1) is 16.5. The van der Waals surface area contributed by atoms with E-state index in [2.05, 4.69) is 18.2 Å². The number of hydrogen-bond donors (Lipinski definition) is 0. The van der Waals surface area contributed by atoms with Crippen LogP contribution in [0.3, 0.4) is 0 Å². The molecule has 130 valence electrons. The van der Waals surface area contributed by atoms with Crippen molar-refractivity contribution < 1.29 is 0 Å². The average molecular weight is 342 g/mol. The molecule has 0 radical (unpaired) electrons. The molecule has 1 aromatic heterocycles. The van der Waals surface area contributed by atoms with Gasteiger partial charge in [-0.1, -0.05) is 54.6 Å². The molecular formula is C23H22N2O. The van der Waals surface area contributed by atoms with E-state index in [1.54, 1.807) is 4.57 Å². The maximum absolute atomic E-state index is 13.1. The second kappa shape index (κ2) is 6.75. The summed E-state index contributed by atoms with van der Waals surface area (Å²) in [6, 6.07) is 16.0. The van der Waals surface area contributed by atoms with E-state index in [1.165, 1.54) is 5.57 Å². The zero-order valence-electron chi connectivity index (χ0n) is 15.1. The maximum Gasteiger partial charge on any atom is 0.261 e. The van der Waals surface area contributed by atoms with Gasteiger partial charge in [0.25, 0.3) is 5.56 Å². The lowest BCUT2D eigenvalue weighted by Crippen LogP contribution is -2.27. The summed E-state index contributed by atoms with van der Waals surface area (Å²) in [4.78, 5) is 17.9. The minimum absolute atomic E-state index is 0.0172. The standard InChI is InChI=1S/C23H22N2O/c1-16(18-9-5-3-6-10-18)25-17(2)24-22-15-20(13-14-21(22)23(25)26)19-11-7-4-8-12-19/h3,5-7,9-16H,4,8H2,1-2H3. The summed E-state index contributed by atoms with van der Waals surface area (Å²) >= 11 is 0. The summed E-state index contributed by atoms with van der Waals surface area (Å²) in [6.07, 6.45) is 8.74. The number of rotatable bonds is 3. The van der Waals surface area contributed by atoms with Gasteiger partial charge in [-0.25, -0.2) is 4.98 Å². The molecule has 1 aliphatic carbocycles. The molecule has 1 atom stereocenters. The second-order valence-corrected chi connectivity index (χ2v) is 6.79. The highest BCUT2D eigenvalue weighted by Gasteiger charge is 2.15. The highest BCUT2D eigenvalue weighted by atomic mass is 16.1. The van der Waals surface area contributed by atoms with E-state index < -0.39 is 0 Å². The highest BCUT2D eigenvalue weighted by molar-refractivity contribution is 5.85. The third-order valence-corrected chi connectivity index (χ3v) is 5.08. The van der Waals surface area contributed by atoms with Crippen molar-refractivity contribution in [3.05, 3.63) is 94.1 Å². The minimum atomic E-state index is -0.0516. The summed E-state index contributed by atoms with van der Waals surface area (Å²) in [6.45, 7) is 3.95. The van der Waals surface area contributed by atoms with E-state index in [-0.39, 0.29) is 11.6 Å². The Bertz CT molecular complexity index is 1070. The Morgan fingerprint density at radius 1 is 1.08 bits per heavy atom. The molecule has 3 heteroatoms. The van der Waals surface area contributed by atoms with Crippen LogP contribution in [-0.4, -0.2) is 9.55 Å². The van der Waals surface area contributed by atoms with Crippen LogP contribution in [0.4, 0.5) is 0 Å². The van der Waals surface area contributed by atoms with Crippen molar-refractivity contribution in [3.8, 4) is 0 Å².